The maximum Gasteiger partial charge on any atom is 0.249 e. The molecule has 2 N–H and O–H groups in total. The van der Waals surface area contributed by atoms with Gasteiger partial charge in [0.15, 0.2) is 0 Å². The molecule has 1 unspecified atom stereocenters. The number of rotatable bonds is 5. The molecule has 1 aliphatic rings. The summed E-state index contributed by atoms with van der Waals surface area (Å²) in [5.74, 6) is 1.15. The Morgan fingerprint density at radius 2 is 2.23 bits per heavy atom. The van der Waals surface area contributed by atoms with E-state index in [0.717, 1.165) is 24.9 Å². The lowest BCUT2D eigenvalue weighted by molar-refractivity contribution is -0.127. The average Bonchev–Trinajstić information content (AvgIpc) is 3.09. The van der Waals surface area contributed by atoms with Crippen LogP contribution < -0.4 is 10.6 Å². The Balaban J connectivity index is 0.00000243. The van der Waals surface area contributed by atoms with Gasteiger partial charge in [0.05, 0.1) is 0 Å². The molecule has 2 aromatic rings. The van der Waals surface area contributed by atoms with Gasteiger partial charge in [-0.3, -0.25) is 9.78 Å². The number of pyridine rings is 1. The van der Waals surface area contributed by atoms with E-state index in [-0.39, 0.29) is 36.2 Å². The number of nitrogens with zero attached hydrogens (tertiary/aromatic N) is 3. The van der Waals surface area contributed by atoms with E-state index < -0.39 is 0 Å². The van der Waals surface area contributed by atoms with E-state index in [4.69, 9.17) is 4.52 Å². The fraction of sp³-hybridized carbons (Fsp3) is 0.556. The summed E-state index contributed by atoms with van der Waals surface area (Å²) in [4.78, 5) is 21.2. The van der Waals surface area contributed by atoms with E-state index in [1.165, 1.54) is 0 Å². The van der Waals surface area contributed by atoms with Gasteiger partial charge in [-0.25, -0.2) is 0 Å². The quantitative estimate of drug-likeness (QED) is 0.829. The zero-order chi connectivity index (χ0) is 17.8. The zero-order valence-electron chi connectivity index (χ0n) is 15.3. The molecule has 1 aliphatic heterocycles. The first kappa shape index (κ1) is 20.3. The zero-order valence-corrected chi connectivity index (χ0v) is 16.1. The van der Waals surface area contributed by atoms with Crippen molar-refractivity contribution < 1.29 is 9.32 Å². The SMILES string of the molecule is CC(C)C(NC(=O)[C@H]1CCN[C@@H](C)C1)c1nc(-c2cccnc2)no1.Cl. The van der Waals surface area contributed by atoms with Crippen molar-refractivity contribution in [3.63, 3.8) is 0 Å². The van der Waals surface area contributed by atoms with Crippen molar-refractivity contribution in [3.8, 4) is 11.4 Å². The molecule has 3 heterocycles. The third-order valence-electron chi connectivity index (χ3n) is 4.59. The summed E-state index contributed by atoms with van der Waals surface area (Å²) in [5.41, 5.74) is 0.790. The Hall–Kier alpha value is -1.99. The van der Waals surface area contributed by atoms with Gasteiger partial charge in [0.2, 0.25) is 17.6 Å². The molecule has 0 bridgehead atoms. The normalized spacial score (nSPS) is 21.1. The lowest BCUT2D eigenvalue weighted by Crippen LogP contribution is -2.44. The first-order valence-electron chi connectivity index (χ1n) is 8.82. The Bertz CT molecular complexity index is 707. The summed E-state index contributed by atoms with van der Waals surface area (Å²) in [6, 6.07) is 3.77. The fourth-order valence-corrected chi connectivity index (χ4v) is 3.13. The van der Waals surface area contributed by atoms with Crippen molar-refractivity contribution in [1.29, 1.82) is 0 Å². The molecule has 0 aromatic carbocycles. The van der Waals surface area contributed by atoms with Crippen molar-refractivity contribution in [2.45, 2.75) is 45.7 Å². The van der Waals surface area contributed by atoms with Crippen LogP contribution in [0.3, 0.4) is 0 Å². The molecule has 3 atom stereocenters. The third-order valence-corrected chi connectivity index (χ3v) is 4.59. The minimum atomic E-state index is -0.296. The number of halogens is 1. The fourth-order valence-electron chi connectivity index (χ4n) is 3.13. The van der Waals surface area contributed by atoms with E-state index in [1.54, 1.807) is 12.4 Å². The molecule has 1 amide bonds. The number of carbonyl (C=O) groups excluding carboxylic acids is 1. The second-order valence-corrected chi connectivity index (χ2v) is 7.00. The summed E-state index contributed by atoms with van der Waals surface area (Å²) >= 11 is 0. The number of aromatic nitrogens is 3. The second-order valence-electron chi connectivity index (χ2n) is 7.00. The predicted octanol–water partition coefficient (Wildman–Crippen LogP) is 2.75. The van der Waals surface area contributed by atoms with Crippen LogP contribution in [0.4, 0.5) is 0 Å². The Kier molecular flexibility index (Phi) is 7.11. The maximum absolute atomic E-state index is 12.7. The first-order chi connectivity index (χ1) is 12.0. The molecule has 8 heteroatoms. The van der Waals surface area contributed by atoms with E-state index >= 15 is 0 Å². The summed E-state index contributed by atoms with van der Waals surface area (Å²) in [6.07, 6.45) is 5.09. The Morgan fingerprint density at radius 3 is 2.88 bits per heavy atom. The highest BCUT2D eigenvalue weighted by Gasteiger charge is 2.30. The highest BCUT2D eigenvalue weighted by atomic mass is 35.5. The standard InChI is InChI=1S/C18H25N5O2.ClH/c1-11(2)15(21-17(24)13-6-8-20-12(3)9-13)18-22-16(23-25-18)14-5-4-7-19-10-14;/h4-5,7,10-13,15,20H,6,8-9H2,1-3H3,(H,21,24);1H/t12-,13-,15?;/m0./s1. The van der Waals surface area contributed by atoms with Gasteiger partial charge in [-0.05, 0) is 44.4 Å². The summed E-state index contributed by atoms with van der Waals surface area (Å²) in [6.45, 7) is 7.04. The molecule has 0 aliphatic carbocycles. The average molecular weight is 380 g/mol. The van der Waals surface area contributed by atoms with Crippen LogP contribution in [0, 0.1) is 11.8 Å². The van der Waals surface area contributed by atoms with Crippen LogP contribution >= 0.6 is 12.4 Å². The number of carbonyl (C=O) groups is 1. The molecule has 0 saturated carbocycles. The van der Waals surface area contributed by atoms with Gasteiger partial charge < -0.3 is 15.2 Å². The number of hydrogen-bond acceptors (Lipinski definition) is 6. The number of nitrogens with one attached hydrogen (secondary N) is 2. The van der Waals surface area contributed by atoms with E-state index in [2.05, 4.69) is 32.7 Å². The molecule has 26 heavy (non-hydrogen) atoms. The van der Waals surface area contributed by atoms with Gasteiger partial charge in [-0.15, -0.1) is 12.4 Å². The Labute approximate surface area is 159 Å². The highest BCUT2D eigenvalue weighted by molar-refractivity contribution is 5.85. The first-order valence-corrected chi connectivity index (χ1v) is 8.82. The molecule has 7 nitrogen and oxygen atoms in total. The minimum absolute atomic E-state index is 0. The van der Waals surface area contributed by atoms with Crippen LogP contribution in [0.15, 0.2) is 29.0 Å². The van der Waals surface area contributed by atoms with Crippen LogP contribution in [0.5, 0.6) is 0 Å². The number of hydrogen-bond donors (Lipinski definition) is 2. The lowest BCUT2D eigenvalue weighted by atomic mass is 9.91. The van der Waals surface area contributed by atoms with Gasteiger partial charge in [-0.1, -0.05) is 19.0 Å². The molecule has 142 valence electrons. The second kappa shape index (κ2) is 9.09. The van der Waals surface area contributed by atoms with Crippen molar-refractivity contribution in [3.05, 3.63) is 30.4 Å². The van der Waals surface area contributed by atoms with Crippen LogP contribution in [-0.2, 0) is 4.79 Å². The molecule has 2 aromatic heterocycles. The van der Waals surface area contributed by atoms with Crippen LogP contribution in [0.1, 0.15) is 45.5 Å². The topological polar surface area (TPSA) is 92.9 Å². The third kappa shape index (κ3) is 4.80. The predicted molar refractivity (Wildman–Crippen MR) is 101 cm³/mol. The molecule has 3 rings (SSSR count). The summed E-state index contributed by atoms with van der Waals surface area (Å²) < 4.78 is 5.44. The molecule has 0 radical (unpaired) electrons. The minimum Gasteiger partial charge on any atom is -0.344 e. The van der Waals surface area contributed by atoms with Gasteiger partial charge in [0.1, 0.15) is 6.04 Å². The Morgan fingerprint density at radius 1 is 1.42 bits per heavy atom. The summed E-state index contributed by atoms with van der Waals surface area (Å²) in [7, 11) is 0. The van der Waals surface area contributed by atoms with Gasteiger partial charge >= 0.3 is 0 Å². The van der Waals surface area contributed by atoms with E-state index in [9.17, 15) is 4.79 Å². The molecule has 0 spiro atoms. The van der Waals surface area contributed by atoms with Crippen LogP contribution in [0.25, 0.3) is 11.4 Å². The van der Waals surface area contributed by atoms with Crippen LogP contribution in [0.2, 0.25) is 0 Å². The van der Waals surface area contributed by atoms with Crippen molar-refractivity contribution >= 4 is 18.3 Å². The van der Waals surface area contributed by atoms with Crippen molar-refractivity contribution in [2.24, 2.45) is 11.8 Å². The lowest BCUT2D eigenvalue weighted by Gasteiger charge is -2.29. The summed E-state index contributed by atoms with van der Waals surface area (Å²) in [5, 5.41) is 10.5. The van der Waals surface area contributed by atoms with Crippen molar-refractivity contribution in [2.75, 3.05) is 6.54 Å². The van der Waals surface area contributed by atoms with Gasteiger partial charge in [0, 0.05) is 29.9 Å². The molecular formula is C18H26ClN5O2. The van der Waals surface area contributed by atoms with Gasteiger partial charge in [0.25, 0.3) is 0 Å². The van der Waals surface area contributed by atoms with E-state index in [1.807, 2.05) is 26.0 Å². The van der Waals surface area contributed by atoms with Crippen LogP contribution in [-0.4, -0.2) is 33.6 Å². The molecule has 1 saturated heterocycles. The number of amides is 1. The number of piperidine rings is 1. The largest absolute Gasteiger partial charge is 0.344 e. The van der Waals surface area contributed by atoms with E-state index in [0.29, 0.717) is 17.8 Å². The maximum atomic E-state index is 12.7. The molecule has 1 fully saturated rings. The smallest absolute Gasteiger partial charge is 0.249 e. The monoisotopic (exact) mass is 379 g/mol. The highest BCUT2D eigenvalue weighted by Crippen LogP contribution is 2.25. The van der Waals surface area contributed by atoms with Gasteiger partial charge in [-0.2, -0.15) is 4.98 Å². The molecular weight excluding hydrogens is 354 g/mol. The van der Waals surface area contributed by atoms with Crippen molar-refractivity contribution in [1.82, 2.24) is 25.8 Å².